The first-order valence-corrected chi connectivity index (χ1v) is 9.34. The van der Waals surface area contributed by atoms with E-state index in [9.17, 15) is 9.00 Å². The average Bonchev–Trinajstić information content (AvgIpc) is 3.35. The van der Waals surface area contributed by atoms with E-state index in [2.05, 4.69) is 6.07 Å². The van der Waals surface area contributed by atoms with Gasteiger partial charge in [-0.3, -0.25) is 9.00 Å². The average molecular weight is 321 g/mol. The fraction of sp³-hybridized carbons (Fsp3) is 0.588. The highest BCUT2D eigenvalue weighted by atomic mass is 32.2. The van der Waals surface area contributed by atoms with Gasteiger partial charge >= 0.3 is 0 Å². The van der Waals surface area contributed by atoms with E-state index in [0.717, 1.165) is 36.5 Å². The van der Waals surface area contributed by atoms with Gasteiger partial charge in [0.2, 0.25) is 5.91 Å². The van der Waals surface area contributed by atoms with Gasteiger partial charge in [-0.2, -0.15) is 0 Å². The number of rotatable bonds is 4. The Morgan fingerprint density at radius 3 is 2.73 bits per heavy atom. The van der Waals surface area contributed by atoms with Crippen LogP contribution in [0.3, 0.4) is 0 Å². The highest BCUT2D eigenvalue weighted by Crippen LogP contribution is 2.49. The third kappa shape index (κ3) is 3.19. The third-order valence-corrected chi connectivity index (χ3v) is 6.26. The zero-order chi connectivity index (χ0) is 15.7. The molecule has 1 aliphatic carbocycles. The predicted molar refractivity (Wildman–Crippen MR) is 87.5 cm³/mol. The van der Waals surface area contributed by atoms with Crippen molar-refractivity contribution in [1.82, 2.24) is 4.90 Å². The van der Waals surface area contributed by atoms with Crippen LogP contribution in [0.5, 0.6) is 5.75 Å². The summed E-state index contributed by atoms with van der Waals surface area (Å²) in [5.41, 5.74) is 1.19. The van der Waals surface area contributed by atoms with Crippen molar-refractivity contribution < 1.29 is 13.7 Å². The van der Waals surface area contributed by atoms with Gasteiger partial charge < -0.3 is 9.64 Å². The lowest BCUT2D eigenvalue weighted by molar-refractivity contribution is -0.133. The van der Waals surface area contributed by atoms with Crippen LogP contribution in [0.2, 0.25) is 0 Å². The largest absolute Gasteiger partial charge is 0.497 e. The maximum Gasteiger partial charge on any atom is 0.226 e. The van der Waals surface area contributed by atoms with Gasteiger partial charge in [-0.1, -0.05) is 12.1 Å². The monoisotopic (exact) mass is 321 g/mol. The number of hydrogen-bond donors (Lipinski definition) is 0. The van der Waals surface area contributed by atoms with Crippen LogP contribution < -0.4 is 4.74 Å². The van der Waals surface area contributed by atoms with Gasteiger partial charge in [0.15, 0.2) is 0 Å². The summed E-state index contributed by atoms with van der Waals surface area (Å²) in [6, 6.07) is 8.27. The number of carbonyl (C=O) groups excluding carboxylic acids is 1. The molecule has 22 heavy (non-hydrogen) atoms. The molecule has 5 heteroatoms. The van der Waals surface area contributed by atoms with E-state index in [1.54, 1.807) is 7.11 Å². The SMILES string of the molecule is COc1cccc([C@@H]2C[C@@H]2C(=O)N(C)C2CCS(=O)CC2)c1. The summed E-state index contributed by atoms with van der Waals surface area (Å²) < 4.78 is 16.7. The molecule has 1 aliphatic heterocycles. The molecule has 2 fully saturated rings. The standard InChI is InChI=1S/C17H23NO3S/c1-18(13-6-8-22(20)9-7-13)17(19)16-11-15(16)12-4-3-5-14(10-12)21-2/h3-5,10,13,15-16H,6-9,11H2,1-2H3/t13?,15-,16-,22?/m0/s1. The lowest BCUT2D eigenvalue weighted by Crippen LogP contribution is -2.42. The Kier molecular flexibility index (Phi) is 4.52. The number of amides is 1. The summed E-state index contributed by atoms with van der Waals surface area (Å²) in [4.78, 5) is 14.5. The Morgan fingerprint density at radius 2 is 2.05 bits per heavy atom. The summed E-state index contributed by atoms with van der Waals surface area (Å²) in [5, 5.41) is 0. The highest BCUT2D eigenvalue weighted by molar-refractivity contribution is 7.85. The van der Waals surface area contributed by atoms with Crippen molar-refractivity contribution in [2.75, 3.05) is 25.7 Å². The molecule has 1 saturated carbocycles. The van der Waals surface area contributed by atoms with E-state index in [1.807, 2.05) is 30.1 Å². The number of hydrogen-bond acceptors (Lipinski definition) is 3. The maximum atomic E-state index is 12.6. The van der Waals surface area contributed by atoms with Crippen LogP contribution in [0.25, 0.3) is 0 Å². The molecule has 0 N–H and O–H groups in total. The highest BCUT2D eigenvalue weighted by Gasteiger charge is 2.46. The summed E-state index contributed by atoms with van der Waals surface area (Å²) in [5.74, 6) is 2.97. The van der Waals surface area contributed by atoms with E-state index < -0.39 is 10.8 Å². The maximum absolute atomic E-state index is 12.6. The molecule has 0 aromatic heterocycles. The van der Waals surface area contributed by atoms with Crippen molar-refractivity contribution in [2.24, 2.45) is 5.92 Å². The second kappa shape index (κ2) is 6.41. The van der Waals surface area contributed by atoms with Crippen molar-refractivity contribution in [3.05, 3.63) is 29.8 Å². The van der Waals surface area contributed by atoms with E-state index in [-0.39, 0.29) is 17.9 Å². The number of ether oxygens (including phenoxy) is 1. The van der Waals surface area contributed by atoms with Gasteiger partial charge in [-0.05, 0) is 42.9 Å². The van der Waals surface area contributed by atoms with Crippen molar-refractivity contribution in [3.8, 4) is 5.75 Å². The van der Waals surface area contributed by atoms with Crippen molar-refractivity contribution in [3.63, 3.8) is 0 Å². The van der Waals surface area contributed by atoms with E-state index in [0.29, 0.717) is 5.92 Å². The normalized spacial score (nSPS) is 30.6. The fourth-order valence-corrected chi connectivity index (χ4v) is 4.59. The van der Waals surface area contributed by atoms with Crippen LogP contribution in [-0.2, 0) is 15.6 Å². The molecule has 1 saturated heterocycles. The van der Waals surface area contributed by atoms with Gasteiger partial charge in [-0.15, -0.1) is 0 Å². The number of carbonyl (C=O) groups is 1. The van der Waals surface area contributed by atoms with Gasteiger partial charge in [0.1, 0.15) is 5.75 Å². The van der Waals surface area contributed by atoms with Gasteiger partial charge in [0.05, 0.1) is 7.11 Å². The Morgan fingerprint density at radius 1 is 1.32 bits per heavy atom. The number of nitrogens with zero attached hydrogens (tertiary/aromatic N) is 1. The summed E-state index contributed by atoms with van der Waals surface area (Å²) in [6.45, 7) is 0. The quantitative estimate of drug-likeness (QED) is 0.854. The molecule has 2 atom stereocenters. The van der Waals surface area contributed by atoms with Crippen molar-refractivity contribution in [1.29, 1.82) is 0 Å². The third-order valence-electron chi connectivity index (χ3n) is 4.88. The Balaban J connectivity index is 1.61. The zero-order valence-corrected chi connectivity index (χ0v) is 14.0. The van der Waals surface area contributed by atoms with Crippen LogP contribution in [0.4, 0.5) is 0 Å². The minimum absolute atomic E-state index is 0.101. The fourth-order valence-electron chi connectivity index (χ4n) is 3.32. The smallest absolute Gasteiger partial charge is 0.226 e. The van der Waals surface area contributed by atoms with Crippen LogP contribution in [0.15, 0.2) is 24.3 Å². The summed E-state index contributed by atoms with van der Waals surface area (Å²) >= 11 is 0. The summed E-state index contributed by atoms with van der Waals surface area (Å²) in [6.07, 6.45) is 2.66. The second-order valence-electron chi connectivity index (χ2n) is 6.25. The molecule has 1 aromatic carbocycles. The first-order chi connectivity index (χ1) is 10.6. The lowest BCUT2D eigenvalue weighted by atomic mass is 10.1. The Bertz CT molecular complexity index is 579. The zero-order valence-electron chi connectivity index (χ0n) is 13.2. The molecular weight excluding hydrogens is 298 g/mol. The molecule has 2 aliphatic rings. The van der Waals surface area contributed by atoms with Crippen molar-refractivity contribution in [2.45, 2.75) is 31.2 Å². The van der Waals surface area contributed by atoms with Crippen LogP contribution in [0.1, 0.15) is 30.7 Å². The molecule has 4 nitrogen and oxygen atoms in total. The first kappa shape index (κ1) is 15.5. The van der Waals surface area contributed by atoms with Crippen LogP contribution in [-0.4, -0.2) is 46.7 Å². The van der Waals surface area contributed by atoms with Crippen LogP contribution >= 0.6 is 0 Å². The Labute approximate surface area is 134 Å². The molecule has 3 rings (SSSR count). The molecule has 0 bridgehead atoms. The number of benzene rings is 1. The first-order valence-electron chi connectivity index (χ1n) is 7.85. The number of methoxy groups -OCH3 is 1. The van der Waals surface area contributed by atoms with Gasteiger partial charge in [0, 0.05) is 41.3 Å². The molecule has 0 radical (unpaired) electrons. The minimum Gasteiger partial charge on any atom is -0.497 e. The molecule has 1 heterocycles. The van der Waals surface area contributed by atoms with E-state index in [4.69, 9.17) is 4.74 Å². The molecule has 0 unspecified atom stereocenters. The van der Waals surface area contributed by atoms with Crippen molar-refractivity contribution >= 4 is 16.7 Å². The second-order valence-corrected chi connectivity index (χ2v) is 7.95. The predicted octanol–water partition coefficient (Wildman–Crippen LogP) is 2.17. The van der Waals surface area contributed by atoms with E-state index in [1.165, 1.54) is 5.56 Å². The molecule has 120 valence electrons. The Hall–Kier alpha value is -1.36. The topological polar surface area (TPSA) is 46.6 Å². The van der Waals surface area contributed by atoms with Crippen LogP contribution in [0, 0.1) is 5.92 Å². The molecule has 1 aromatic rings. The molecule has 0 spiro atoms. The molecule has 1 amide bonds. The minimum atomic E-state index is -0.678. The van der Waals surface area contributed by atoms with E-state index >= 15 is 0 Å². The molecular formula is C17H23NO3S. The van der Waals surface area contributed by atoms with Gasteiger partial charge in [-0.25, -0.2) is 0 Å². The van der Waals surface area contributed by atoms with Gasteiger partial charge in [0.25, 0.3) is 0 Å². The lowest BCUT2D eigenvalue weighted by Gasteiger charge is -2.31. The summed E-state index contributed by atoms with van der Waals surface area (Å²) in [7, 11) is 2.89.